The normalized spacial score (nSPS) is 11.0. The highest BCUT2D eigenvalue weighted by atomic mass is 31.2. The molecule has 0 aliphatic heterocycles. The van der Waals surface area contributed by atoms with Crippen LogP contribution in [0.1, 0.15) is 5.56 Å². The minimum absolute atomic E-state index is 0.0685. The Kier molecular flexibility index (Phi) is 5.80. The van der Waals surface area contributed by atoms with E-state index in [-0.39, 0.29) is 13.2 Å². The van der Waals surface area contributed by atoms with Crippen molar-refractivity contribution >= 4 is 14.0 Å². The molecule has 0 heterocycles. The third kappa shape index (κ3) is 7.03. The number of hydrogen-bond acceptors (Lipinski definition) is 5. The molecule has 0 aromatic heterocycles. The fourth-order valence-electron chi connectivity index (χ4n) is 1.04. The summed E-state index contributed by atoms with van der Waals surface area (Å²) in [6.07, 6.45) is -0.923. The fraction of sp³-hybridized carbons (Fsp3) is 0.300. The van der Waals surface area contributed by atoms with Crippen molar-refractivity contribution < 1.29 is 33.1 Å². The van der Waals surface area contributed by atoms with Gasteiger partial charge in [0.05, 0.1) is 6.61 Å². The molecule has 100 valence electrons. The summed E-state index contributed by atoms with van der Waals surface area (Å²) in [7, 11) is -4.52. The molecule has 0 aliphatic rings. The van der Waals surface area contributed by atoms with E-state index in [4.69, 9.17) is 14.5 Å². The molecule has 0 bridgehead atoms. The maximum atomic E-state index is 11.0. The summed E-state index contributed by atoms with van der Waals surface area (Å²) in [5, 5.41) is 0. The Morgan fingerprint density at radius 3 is 2.39 bits per heavy atom. The molecule has 8 heteroatoms. The van der Waals surface area contributed by atoms with Crippen LogP contribution in [0, 0.1) is 0 Å². The second kappa shape index (κ2) is 7.13. The molecule has 0 spiro atoms. The molecule has 0 saturated heterocycles. The van der Waals surface area contributed by atoms with Crippen LogP contribution in [0.3, 0.4) is 0 Å². The molecule has 0 atom stereocenters. The Bertz CT molecular complexity index is 413. The standard InChI is InChI=1S/C10H13O7P/c11-10(15-6-7-17-18(12,13)14)16-8-9-4-2-1-3-5-9/h1-5H,6-8H2,(H2,12,13,14). The van der Waals surface area contributed by atoms with Crippen LogP contribution in [0.15, 0.2) is 30.3 Å². The zero-order valence-electron chi connectivity index (χ0n) is 9.39. The van der Waals surface area contributed by atoms with Crippen molar-refractivity contribution in [2.45, 2.75) is 6.61 Å². The minimum Gasteiger partial charge on any atom is -0.432 e. The maximum Gasteiger partial charge on any atom is 0.508 e. The van der Waals surface area contributed by atoms with Gasteiger partial charge in [-0.15, -0.1) is 0 Å². The highest BCUT2D eigenvalue weighted by Crippen LogP contribution is 2.35. The summed E-state index contributed by atoms with van der Waals surface area (Å²) in [6.45, 7) is -0.623. The Morgan fingerprint density at radius 1 is 1.11 bits per heavy atom. The van der Waals surface area contributed by atoms with Crippen LogP contribution in [0.5, 0.6) is 0 Å². The number of hydrogen-bond donors (Lipinski definition) is 2. The summed E-state index contributed by atoms with van der Waals surface area (Å²) in [4.78, 5) is 27.8. The molecule has 1 rings (SSSR count). The Labute approximate surface area is 104 Å². The van der Waals surface area contributed by atoms with Gasteiger partial charge in [0.2, 0.25) is 0 Å². The van der Waals surface area contributed by atoms with Crippen LogP contribution >= 0.6 is 7.82 Å². The van der Waals surface area contributed by atoms with Gasteiger partial charge in [-0.1, -0.05) is 30.3 Å². The molecule has 0 unspecified atom stereocenters. The molecule has 0 fully saturated rings. The molecule has 0 aliphatic carbocycles. The van der Waals surface area contributed by atoms with Crippen molar-refractivity contribution in [3.8, 4) is 0 Å². The second-order valence-electron chi connectivity index (χ2n) is 3.20. The van der Waals surface area contributed by atoms with Gasteiger partial charge in [0.25, 0.3) is 0 Å². The van der Waals surface area contributed by atoms with Crippen LogP contribution in [0.4, 0.5) is 4.79 Å². The number of carbonyl (C=O) groups is 1. The van der Waals surface area contributed by atoms with Crippen LogP contribution in [0.2, 0.25) is 0 Å². The lowest BCUT2D eigenvalue weighted by atomic mass is 10.2. The van der Waals surface area contributed by atoms with E-state index in [1.165, 1.54) is 0 Å². The maximum absolute atomic E-state index is 11.0. The molecule has 2 N–H and O–H groups in total. The summed E-state index contributed by atoms with van der Waals surface area (Å²) in [6, 6.07) is 9.01. The lowest BCUT2D eigenvalue weighted by Crippen LogP contribution is -2.11. The first-order valence-corrected chi connectivity index (χ1v) is 6.54. The number of rotatable bonds is 6. The van der Waals surface area contributed by atoms with E-state index >= 15 is 0 Å². The van der Waals surface area contributed by atoms with Gasteiger partial charge in [0.15, 0.2) is 0 Å². The van der Waals surface area contributed by atoms with Crippen LogP contribution in [-0.4, -0.2) is 29.2 Å². The van der Waals surface area contributed by atoms with Crippen molar-refractivity contribution in [1.82, 2.24) is 0 Å². The zero-order valence-corrected chi connectivity index (χ0v) is 10.3. The third-order valence-corrected chi connectivity index (χ3v) is 2.28. The van der Waals surface area contributed by atoms with Crippen molar-refractivity contribution in [1.29, 1.82) is 0 Å². The highest BCUT2D eigenvalue weighted by molar-refractivity contribution is 7.46. The zero-order chi connectivity index (χ0) is 13.4. The second-order valence-corrected chi connectivity index (χ2v) is 4.44. The third-order valence-electron chi connectivity index (χ3n) is 1.76. The number of benzene rings is 1. The monoisotopic (exact) mass is 276 g/mol. The van der Waals surface area contributed by atoms with E-state index in [0.29, 0.717) is 0 Å². The quantitative estimate of drug-likeness (QED) is 0.460. The van der Waals surface area contributed by atoms with E-state index in [1.54, 1.807) is 24.3 Å². The molecule has 0 amide bonds. The van der Waals surface area contributed by atoms with Crippen molar-refractivity contribution in [2.24, 2.45) is 0 Å². The van der Waals surface area contributed by atoms with Gasteiger partial charge in [-0.25, -0.2) is 9.36 Å². The summed E-state index contributed by atoms with van der Waals surface area (Å²) >= 11 is 0. The lowest BCUT2D eigenvalue weighted by molar-refractivity contribution is 0.0376. The molecule has 1 aromatic rings. The SMILES string of the molecule is O=C(OCCOP(=O)(O)O)OCc1ccccc1. The smallest absolute Gasteiger partial charge is 0.432 e. The Hall–Kier alpha value is -1.40. The van der Waals surface area contributed by atoms with Gasteiger partial charge in [0.1, 0.15) is 13.2 Å². The van der Waals surface area contributed by atoms with E-state index < -0.39 is 20.6 Å². The van der Waals surface area contributed by atoms with E-state index in [1.807, 2.05) is 6.07 Å². The average Bonchev–Trinajstić information content (AvgIpc) is 2.32. The first-order valence-electron chi connectivity index (χ1n) is 5.01. The molecular formula is C10H13O7P. The van der Waals surface area contributed by atoms with Gasteiger partial charge in [-0.3, -0.25) is 4.52 Å². The van der Waals surface area contributed by atoms with Crippen LogP contribution < -0.4 is 0 Å². The van der Waals surface area contributed by atoms with E-state index in [9.17, 15) is 9.36 Å². The van der Waals surface area contributed by atoms with Crippen molar-refractivity contribution in [2.75, 3.05) is 13.2 Å². The molecule has 18 heavy (non-hydrogen) atoms. The fourth-order valence-corrected chi connectivity index (χ4v) is 1.35. The number of ether oxygens (including phenoxy) is 2. The van der Waals surface area contributed by atoms with Gasteiger partial charge in [-0.05, 0) is 5.56 Å². The summed E-state index contributed by atoms with van der Waals surface area (Å²) < 4.78 is 23.6. The first-order chi connectivity index (χ1) is 8.47. The lowest BCUT2D eigenvalue weighted by Gasteiger charge is -2.07. The number of carbonyl (C=O) groups excluding carboxylic acids is 1. The molecule has 7 nitrogen and oxygen atoms in total. The Morgan fingerprint density at radius 2 is 1.78 bits per heavy atom. The Balaban J connectivity index is 2.13. The minimum atomic E-state index is -4.52. The summed E-state index contributed by atoms with van der Waals surface area (Å²) in [5.41, 5.74) is 0.806. The first kappa shape index (κ1) is 14.7. The molecular weight excluding hydrogens is 263 g/mol. The average molecular weight is 276 g/mol. The van der Waals surface area contributed by atoms with Gasteiger partial charge in [-0.2, -0.15) is 0 Å². The molecule has 0 radical (unpaired) electrons. The van der Waals surface area contributed by atoms with Gasteiger partial charge >= 0.3 is 14.0 Å². The highest BCUT2D eigenvalue weighted by Gasteiger charge is 2.13. The van der Waals surface area contributed by atoms with Gasteiger partial charge in [0, 0.05) is 0 Å². The predicted octanol–water partition coefficient (Wildman–Crippen LogP) is 1.45. The number of phosphoric ester groups is 1. The van der Waals surface area contributed by atoms with Crippen LogP contribution in [-0.2, 0) is 25.2 Å². The molecule has 0 saturated carbocycles. The van der Waals surface area contributed by atoms with Gasteiger partial charge < -0.3 is 19.3 Å². The summed E-state index contributed by atoms with van der Waals surface area (Å²) in [5.74, 6) is 0. The van der Waals surface area contributed by atoms with Crippen molar-refractivity contribution in [3.05, 3.63) is 35.9 Å². The molecule has 1 aromatic carbocycles. The number of phosphoric acid groups is 1. The van der Waals surface area contributed by atoms with Crippen LogP contribution in [0.25, 0.3) is 0 Å². The largest absolute Gasteiger partial charge is 0.508 e. The van der Waals surface area contributed by atoms with Crippen molar-refractivity contribution in [3.63, 3.8) is 0 Å². The predicted molar refractivity (Wildman–Crippen MR) is 60.6 cm³/mol. The topological polar surface area (TPSA) is 102 Å². The van der Waals surface area contributed by atoms with E-state index in [2.05, 4.69) is 9.26 Å². The van der Waals surface area contributed by atoms with E-state index in [0.717, 1.165) is 5.56 Å².